The molecule has 0 fully saturated rings. The summed E-state index contributed by atoms with van der Waals surface area (Å²) in [5, 5.41) is 0. The highest BCUT2D eigenvalue weighted by Gasteiger charge is 2.06. The number of rotatable bonds is 3. The van der Waals surface area contributed by atoms with Crippen molar-refractivity contribution in [1.82, 2.24) is 0 Å². The molecule has 0 heterocycles. The van der Waals surface area contributed by atoms with Crippen molar-refractivity contribution < 1.29 is 8.76 Å². The third-order valence-corrected chi connectivity index (χ3v) is 4.90. The Morgan fingerprint density at radius 1 is 1.00 bits per heavy atom. The maximum absolute atomic E-state index is 11.5. The summed E-state index contributed by atoms with van der Waals surface area (Å²) in [6, 6.07) is 11.4. The van der Waals surface area contributed by atoms with Gasteiger partial charge in [-0.05, 0) is 81.5 Å². The van der Waals surface area contributed by atoms with Gasteiger partial charge in [-0.1, -0.05) is 29.8 Å². The largest absolute Gasteiger partial charge is 0.766 e. The van der Waals surface area contributed by atoms with Gasteiger partial charge < -0.3 is 4.55 Å². The second-order valence-electron chi connectivity index (χ2n) is 5.15. The van der Waals surface area contributed by atoms with E-state index in [2.05, 4.69) is 43.2 Å². The molecule has 2 aromatic carbocycles. The van der Waals surface area contributed by atoms with Crippen molar-refractivity contribution in [3.05, 3.63) is 64.2 Å². The Kier molecular flexibility index (Phi) is 4.28. The van der Waals surface area contributed by atoms with E-state index in [4.69, 9.17) is 0 Å². The van der Waals surface area contributed by atoms with Crippen molar-refractivity contribution in [3.63, 3.8) is 0 Å². The van der Waals surface area contributed by atoms with Gasteiger partial charge in [0.2, 0.25) is 0 Å². The van der Waals surface area contributed by atoms with Gasteiger partial charge in [-0.3, -0.25) is 4.21 Å². The van der Waals surface area contributed by atoms with E-state index in [1.807, 2.05) is 13.0 Å². The molecule has 1 unspecified atom stereocenters. The van der Waals surface area contributed by atoms with E-state index < -0.39 is 8.77 Å². The van der Waals surface area contributed by atoms with Gasteiger partial charge in [0.05, 0.1) is 0 Å². The Balaban J connectivity index is 2.45. The molecule has 106 valence electrons. The topological polar surface area (TPSA) is 40.1 Å². The predicted molar refractivity (Wildman–Crippen MR) is 84.5 cm³/mol. The molecule has 0 spiro atoms. The van der Waals surface area contributed by atoms with Crippen molar-refractivity contribution in [2.24, 2.45) is 0 Å². The van der Waals surface area contributed by atoms with E-state index in [9.17, 15) is 8.76 Å². The molecule has 0 bridgehead atoms. The normalized spacial score (nSPS) is 14.0. The molecule has 2 rings (SSSR count). The van der Waals surface area contributed by atoms with Crippen LogP contribution >= 0.6 is 0 Å². The second-order valence-corrected chi connectivity index (χ2v) is 7.85. The lowest BCUT2D eigenvalue weighted by Gasteiger charge is -2.15. The number of hydrogen-bond acceptors (Lipinski definition) is 3. The summed E-state index contributed by atoms with van der Waals surface area (Å²) in [5.41, 5.74) is 5.71. The Hall–Kier alpha value is -1.23. The number of aryl methyl sites for hydroxylation is 3. The molecule has 0 aliphatic carbocycles. The zero-order chi connectivity index (χ0) is 14.9. The fraction of sp³-hybridized carbons (Fsp3) is 0.250. The molecular weight excluding hydrogens is 288 g/mol. The molecule has 2 nitrogen and oxygen atoms in total. The predicted octanol–water partition coefficient (Wildman–Crippen LogP) is 3.44. The van der Waals surface area contributed by atoms with Crippen LogP contribution in [0.4, 0.5) is 0 Å². The van der Waals surface area contributed by atoms with Crippen molar-refractivity contribution in [1.29, 1.82) is 0 Å². The summed E-state index contributed by atoms with van der Waals surface area (Å²) in [5.74, 6) is 0. The quantitative estimate of drug-likeness (QED) is 0.872. The summed E-state index contributed by atoms with van der Waals surface area (Å²) in [4.78, 5) is 0.207. The minimum Gasteiger partial charge on any atom is -0.766 e. The molecule has 0 radical (unpaired) electrons. The van der Waals surface area contributed by atoms with Crippen LogP contribution in [0.1, 0.15) is 27.8 Å². The van der Waals surface area contributed by atoms with Crippen LogP contribution in [0.15, 0.2) is 41.3 Å². The minimum atomic E-state index is -3.57. The second kappa shape index (κ2) is 5.64. The molecule has 4 heteroatoms. The van der Waals surface area contributed by atoms with Crippen LogP contribution in [0, 0.1) is 20.8 Å². The maximum atomic E-state index is 11.5. The Morgan fingerprint density at radius 2 is 1.55 bits per heavy atom. The number of benzene rings is 2. The van der Waals surface area contributed by atoms with Crippen molar-refractivity contribution >= 4 is 20.0 Å². The molecule has 1 atom stereocenters. The highest BCUT2D eigenvalue weighted by molar-refractivity contribution is 8.29. The maximum Gasteiger partial charge on any atom is 0.0284 e. The third kappa shape index (κ3) is 3.45. The van der Waals surface area contributed by atoms with Gasteiger partial charge in [-0.25, -0.2) is 0 Å². The van der Waals surface area contributed by atoms with Crippen LogP contribution in [0.2, 0.25) is 0 Å². The zero-order valence-corrected chi connectivity index (χ0v) is 13.4. The van der Waals surface area contributed by atoms with Crippen LogP contribution in [-0.2, 0) is 26.4 Å². The summed E-state index contributed by atoms with van der Waals surface area (Å²) in [6.45, 7) is 6.11. The van der Waals surface area contributed by atoms with Crippen molar-refractivity contribution in [2.45, 2.75) is 32.1 Å². The minimum absolute atomic E-state index is 0.207. The lowest BCUT2D eigenvalue weighted by molar-refractivity contribution is 0.534. The lowest BCUT2D eigenvalue weighted by atomic mass is 9.96. The average Bonchev–Trinajstić information content (AvgIpc) is 2.35. The molecule has 0 aromatic heterocycles. The van der Waals surface area contributed by atoms with Crippen LogP contribution < -0.4 is 0 Å². The first-order chi connectivity index (χ1) is 9.27. The van der Waals surface area contributed by atoms with Crippen LogP contribution in [0.25, 0.3) is 0 Å². The lowest BCUT2D eigenvalue weighted by Crippen LogP contribution is -2.01. The molecule has 20 heavy (non-hydrogen) atoms. The Bertz CT molecular complexity index is 747. The fourth-order valence-corrected chi connectivity index (χ4v) is 3.02. The standard InChI is InChI=1S/C16H18O2S2/c1-11-4-5-12(2)14(8-11)9-15-10-16(20(17,18)19)7-6-13(15)3/h4-8,10H,9H2,1-3H3,(H,17,18,19)/p-1. The number of hydrogen-bond donors (Lipinski definition) is 0. The molecule has 0 saturated heterocycles. The molecule has 2 aromatic rings. The highest BCUT2D eigenvalue weighted by atomic mass is 32.8. The van der Waals surface area contributed by atoms with E-state index in [1.54, 1.807) is 12.1 Å². The smallest absolute Gasteiger partial charge is 0.0284 e. The molecule has 0 N–H and O–H groups in total. The van der Waals surface area contributed by atoms with Crippen LogP contribution in [-0.4, -0.2) is 8.76 Å². The van der Waals surface area contributed by atoms with E-state index in [0.717, 1.165) is 17.5 Å². The van der Waals surface area contributed by atoms with Gasteiger partial charge in [-0.15, -0.1) is 0 Å². The van der Waals surface area contributed by atoms with Gasteiger partial charge >= 0.3 is 0 Å². The SMILES string of the molecule is Cc1ccc(C)c(Cc2cc(S(=O)([O-])=S)ccc2C)c1. The molecule has 0 aliphatic rings. The van der Waals surface area contributed by atoms with E-state index in [1.165, 1.54) is 16.7 Å². The summed E-state index contributed by atoms with van der Waals surface area (Å²) in [7, 11) is -3.57. The summed E-state index contributed by atoms with van der Waals surface area (Å²) >= 11 is 4.54. The monoisotopic (exact) mass is 305 g/mol. The van der Waals surface area contributed by atoms with Gasteiger partial charge in [-0.2, -0.15) is 0 Å². The first-order valence-corrected chi connectivity index (χ1v) is 8.80. The average molecular weight is 305 g/mol. The Labute approximate surface area is 125 Å². The van der Waals surface area contributed by atoms with Gasteiger partial charge in [0.15, 0.2) is 0 Å². The van der Waals surface area contributed by atoms with Gasteiger partial charge in [0.1, 0.15) is 0 Å². The van der Waals surface area contributed by atoms with Crippen molar-refractivity contribution in [2.75, 3.05) is 0 Å². The fourth-order valence-electron chi connectivity index (χ4n) is 2.19. The van der Waals surface area contributed by atoms with Crippen LogP contribution in [0.5, 0.6) is 0 Å². The first-order valence-electron chi connectivity index (χ1n) is 6.39. The third-order valence-electron chi connectivity index (χ3n) is 3.49. The highest BCUT2D eigenvalue weighted by Crippen LogP contribution is 2.21. The Morgan fingerprint density at radius 3 is 2.15 bits per heavy atom. The van der Waals surface area contributed by atoms with E-state index >= 15 is 0 Å². The van der Waals surface area contributed by atoms with Gasteiger partial charge in [0.25, 0.3) is 0 Å². The molecular formula is C16H17O2S2-. The zero-order valence-electron chi connectivity index (χ0n) is 11.8. The van der Waals surface area contributed by atoms with Crippen LogP contribution in [0.3, 0.4) is 0 Å². The summed E-state index contributed by atoms with van der Waals surface area (Å²) in [6.07, 6.45) is 0.720. The van der Waals surface area contributed by atoms with Gasteiger partial charge in [0, 0.05) is 4.90 Å². The molecule has 0 aliphatic heterocycles. The van der Waals surface area contributed by atoms with Crippen molar-refractivity contribution in [3.8, 4) is 0 Å². The summed E-state index contributed by atoms with van der Waals surface area (Å²) < 4.78 is 23.0. The van der Waals surface area contributed by atoms with E-state index in [-0.39, 0.29) is 4.90 Å². The molecule has 0 amide bonds. The first kappa shape index (κ1) is 15.2. The molecule has 0 saturated carbocycles. The van der Waals surface area contributed by atoms with E-state index in [0.29, 0.717) is 0 Å².